The van der Waals surface area contributed by atoms with E-state index in [1.807, 2.05) is 0 Å². The first kappa shape index (κ1) is 24.1. The third kappa shape index (κ3) is 6.23. The lowest BCUT2D eigenvalue weighted by molar-refractivity contribution is -0.149. The molecule has 0 radical (unpaired) electrons. The van der Waals surface area contributed by atoms with Crippen molar-refractivity contribution in [3.63, 3.8) is 0 Å². The second-order valence-corrected chi connectivity index (χ2v) is 7.86. The number of rotatable bonds is 9. The number of nitrogens with zero attached hydrogens (tertiary/aromatic N) is 2. The number of hydrogen-bond acceptors (Lipinski definition) is 8. The third-order valence-corrected chi connectivity index (χ3v) is 4.98. The highest BCUT2D eigenvalue weighted by atomic mass is 35.5. The van der Waals surface area contributed by atoms with Gasteiger partial charge in [0.2, 0.25) is 5.82 Å². The van der Waals surface area contributed by atoms with Crippen molar-refractivity contribution in [2.75, 3.05) is 14.2 Å². The molecule has 3 rings (SSSR count). The molecule has 0 aliphatic heterocycles. The van der Waals surface area contributed by atoms with E-state index in [2.05, 4.69) is 15.5 Å². The molecule has 2 aromatic carbocycles. The van der Waals surface area contributed by atoms with Crippen LogP contribution >= 0.6 is 11.6 Å². The van der Waals surface area contributed by atoms with E-state index >= 15 is 0 Å². The van der Waals surface area contributed by atoms with Gasteiger partial charge in [-0.1, -0.05) is 30.6 Å². The number of carbonyl (C=O) groups excluding carboxylic acids is 2. The first-order chi connectivity index (χ1) is 15.8. The number of esters is 1. The first-order valence-corrected chi connectivity index (χ1v) is 10.5. The van der Waals surface area contributed by atoms with Crippen LogP contribution in [-0.4, -0.2) is 42.3 Å². The average molecular weight is 474 g/mol. The van der Waals surface area contributed by atoms with Crippen molar-refractivity contribution in [1.29, 1.82) is 0 Å². The summed E-state index contributed by atoms with van der Waals surface area (Å²) >= 11 is 5.89. The molecule has 10 heteroatoms. The number of methoxy groups -OCH3 is 2. The number of amides is 1. The fourth-order valence-corrected chi connectivity index (χ4v) is 3.04. The molecular formula is C23H24ClN3O6. The molecule has 0 aliphatic rings. The lowest BCUT2D eigenvalue weighted by Gasteiger charge is -2.20. The van der Waals surface area contributed by atoms with Crippen LogP contribution in [0.25, 0.3) is 11.4 Å². The molecule has 0 saturated carbocycles. The monoisotopic (exact) mass is 473 g/mol. The number of halogens is 1. The van der Waals surface area contributed by atoms with Crippen molar-refractivity contribution >= 4 is 23.5 Å². The minimum atomic E-state index is -0.895. The summed E-state index contributed by atoms with van der Waals surface area (Å²) in [6.45, 7) is 3.36. The van der Waals surface area contributed by atoms with Gasteiger partial charge in [0.25, 0.3) is 11.8 Å². The van der Waals surface area contributed by atoms with Crippen LogP contribution in [0.15, 0.2) is 47.0 Å². The maximum atomic E-state index is 12.8. The lowest BCUT2D eigenvalue weighted by Crippen LogP contribution is -2.45. The SMILES string of the molecule is COc1cc(OC)cc(C(=O)NC(C(=O)OCc2nc(-c3ccc(Cl)cc3)no2)C(C)C)c1. The number of carbonyl (C=O) groups is 2. The van der Waals surface area contributed by atoms with Crippen LogP contribution in [0.5, 0.6) is 11.5 Å². The zero-order valence-corrected chi connectivity index (χ0v) is 19.4. The number of ether oxygens (including phenoxy) is 3. The van der Waals surface area contributed by atoms with E-state index in [4.69, 9.17) is 30.3 Å². The second kappa shape index (κ2) is 10.8. The second-order valence-electron chi connectivity index (χ2n) is 7.42. The smallest absolute Gasteiger partial charge is 0.329 e. The quantitative estimate of drug-likeness (QED) is 0.465. The van der Waals surface area contributed by atoms with E-state index in [1.54, 1.807) is 56.3 Å². The van der Waals surface area contributed by atoms with Gasteiger partial charge in [-0.2, -0.15) is 4.98 Å². The maximum absolute atomic E-state index is 12.8. The molecule has 1 N–H and O–H groups in total. The molecule has 0 fully saturated rings. The predicted molar refractivity (Wildman–Crippen MR) is 120 cm³/mol. The average Bonchev–Trinajstić information content (AvgIpc) is 3.29. The maximum Gasteiger partial charge on any atom is 0.329 e. The molecule has 33 heavy (non-hydrogen) atoms. The van der Waals surface area contributed by atoms with Crippen molar-refractivity contribution in [2.24, 2.45) is 5.92 Å². The molecule has 1 amide bonds. The summed E-state index contributed by atoms with van der Waals surface area (Å²) in [6, 6.07) is 10.8. The Morgan fingerprint density at radius 2 is 1.70 bits per heavy atom. The number of benzene rings is 2. The summed E-state index contributed by atoms with van der Waals surface area (Å²) in [5.74, 6) is 0.0524. The van der Waals surface area contributed by atoms with Gasteiger partial charge in [-0.15, -0.1) is 0 Å². The van der Waals surface area contributed by atoms with Crippen molar-refractivity contribution < 1.29 is 28.3 Å². The molecule has 0 bridgehead atoms. The van der Waals surface area contributed by atoms with E-state index in [0.29, 0.717) is 27.9 Å². The van der Waals surface area contributed by atoms with E-state index in [-0.39, 0.29) is 24.0 Å². The standard InChI is InChI=1S/C23H24ClN3O6/c1-13(2)20(26-22(28)15-9-17(30-3)11-18(10-15)31-4)23(29)32-12-19-25-21(27-33-19)14-5-7-16(24)8-6-14/h5-11,13,20H,12H2,1-4H3,(H,26,28). The summed E-state index contributed by atoms with van der Waals surface area (Å²) in [6.07, 6.45) is 0. The summed E-state index contributed by atoms with van der Waals surface area (Å²) in [5.41, 5.74) is 0.996. The minimum absolute atomic E-state index is 0.125. The molecule has 1 heterocycles. The Hall–Kier alpha value is -3.59. The zero-order valence-electron chi connectivity index (χ0n) is 18.6. The molecule has 9 nitrogen and oxygen atoms in total. The third-order valence-electron chi connectivity index (χ3n) is 4.73. The molecule has 3 aromatic rings. The van der Waals surface area contributed by atoms with Gasteiger partial charge in [-0.25, -0.2) is 4.79 Å². The molecule has 1 aromatic heterocycles. The highest BCUT2D eigenvalue weighted by Gasteiger charge is 2.27. The van der Waals surface area contributed by atoms with Gasteiger partial charge in [0.05, 0.1) is 14.2 Å². The van der Waals surface area contributed by atoms with Crippen LogP contribution in [0.2, 0.25) is 5.02 Å². The zero-order chi connectivity index (χ0) is 24.0. The Balaban J connectivity index is 1.65. The topological polar surface area (TPSA) is 113 Å². The normalized spacial score (nSPS) is 11.7. The van der Waals surface area contributed by atoms with Crippen LogP contribution in [0, 0.1) is 5.92 Å². The Morgan fingerprint density at radius 1 is 1.06 bits per heavy atom. The minimum Gasteiger partial charge on any atom is -0.497 e. The van der Waals surface area contributed by atoms with E-state index in [9.17, 15) is 9.59 Å². The molecular weight excluding hydrogens is 450 g/mol. The van der Waals surface area contributed by atoms with Gasteiger partial charge in [0, 0.05) is 22.2 Å². The number of nitrogens with one attached hydrogen (secondary N) is 1. The Morgan fingerprint density at radius 3 is 2.27 bits per heavy atom. The van der Waals surface area contributed by atoms with E-state index < -0.39 is 17.9 Å². The number of hydrogen-bond donors (Lipinski definition) is 1. The Kier molecular flexibility index (Phi) is 7.89. The summed E-state index contributed by atoms with van der Waals surface area (Å²) in [5, 5.41) is 7.17. The van der Waals surface area contributed by atoms with Gasteiger partial charge in [-0.05, 0) is 42.3 Å². The van der Waals surface area contributed by atoms with Crippen molar-refractivity contribution in [1.82, 2.24) is 15.5 Å². The molecule has 0 saturated heterocycles. The molecule has 1 atom stereocenters. The largest absolute Gasteiger partial charge is 0.497 e. The summed E-state index contributed by atoms with van der Waals surface area (Å²) in [7, 11) is 2.97. The first-order valence-electron chi connectivity index (χ1n) is 10.1. The highest BCUT2D eigenvalue weighted by Crippen LogP contribution is 2.23. The van der Waals surface area contributed by atoms with Crippen LogP contribution in [-0.2, 0) is 16.1 Å². The lowest BCUT2D eigenvalue weighted by atomic mass is 10.0. The predicted octanol–water partition coefficient (Wildman–Crippen LogP) is 3.91. The molecule has 174 valence electrons. The van der Waals surface area contributed by atoms with Crippen LogP contribution in [0.3, 0.4) is 0 Å². The summed E-state index contributed by atoms with van der Waals surface area (Å²) in [4.78, 5) is 29.7. The highest BCUT2D eigenvalue weighted by molar-refractivity contribution is 6.30. The van der Waals surface area contributed by atoms with Gasteiger partial charge in [-0.3, -0.25) is 4.79 Å². The Labute approximate surface area is 196 Å². The van der Waals surface area contributed by atoms with Crippen LogP contribution in [0.4, 0.5) is 0 Å². The van der Waals surface area contributed by atoms with Gasteiger partial charge in [0.1, 0.15) is 17.5 Å². The summed E-state index contributed by atoms with van der Waals surface area (Å²) < 4.78 is 20.9. The van der Waals surface area contributed by atoms with Gasteiger partial charge < -0.3 is 24.1 Å². The van der Waals surface area contributed by atoms with Crippen molar-refractivity contribution in [3.8, 4) is 22.9 Å². The van der Waals surface area contributed by atoms with Crippen LogP contribution < -0.4 is 14.8 Å². The van der Waals surface area contributed by atoms with Gasteiger partial charge >= 0.3 is 5.97 Å². The van der Waals surface area contributed by atoms with Crippen molar-refractivity contribution in [3.05, 3.63) is 58.9 Å². The fraction of sp³-hybridized carbons (Fsp3) is 0.304. The Bertz CT molecular complexity index is 1090. The number of aromatic nitrogens is 2. The molecule has 0 aliphatic carbocycles. The molecule has 1 unspecified atom stereocenters. The van der Waals surface area contributed by atoms with Crippen molar-refractivity contribution in [2.45, 2.75) is 26.5 Å². The van der Waals surface area contributed by atoms with E-state index in [1.165, 1.54) is 14.2 Å². The van der Waals surface area contributed by atoms with E-state index in [0.717, 1.165) is 0 Å². The molecule has 0 spiro atoms. The van der Waals surface area contributed by atoms with Gasteiger partial charge in [0.15, 0.2) is 6.61 Å². The fourth-order valence-electron chi connectivity index (χ4n) is 2.91. The van der Waals surface area contributed by atoms with Crippen LogP contribution in [0.1, 0.15) is 30.1 Å².